The van der Waals surface area contributed by atoms with Crippen LogP contribution in [0.2, 0.25) is 0 Å². The maximum atomic E-state index is 11.8. The number of benzene rings is 1. The van der Waals surface area contributed by atoms with Gasteiger partial charge in [0.15, 0.2) is 0 Å². The summed E-state index contributed by atoms with van der Waals surface area (Å²) >= 11 is 4.98. The molecule has 0 aliphatic heterocycles. The monoisotopic (exact) mass is 373 g/mol. The van der Waals surface area contributed by atoms with Crippen molar-refractivity contribution in [1.29, 1.82) is 0 Å². The second-order valence-electron chi connectivity index (χ2n) is 5.06. The molecule has 1 atom stereocenters. The molecule has 1 aromatic rings. The second kappa shape index (κ2) is 8.44. The zero-order valence-corrected chi connectivity index (χ0v) is 14.8. The number of carboxylic acids is 1. The molecular weight excluding hydrogens is 354 g/mol. The maximum absolute atomic E-state index is 11.8. The van der Waals surface area contributed by atoms with Crippen LogP contribution in [0.3, 0.4) is 0 Å². The minimum absolute atomic E-state index is 0.0691. The summed E-state index contributed by atoms with van der Waals surface area (Å²) in [7, 11) is 0. The Kier molecular flexibility index (Phi) is 7.25. The fraction of sp³-hybridized carbons (Fsp3) is 0.467. The first-order valence-electron chi connectivity index (χ1n) is 6.70. The second-order valence-corrected chi connectivity index (χ2v) is 6.93. The molecule has 1 amide bonds. The lowest BCUT2D eigenvalue weighted by molar-refractivity contribution is -0.137. The van der Waals surface area contributed by atoms with Crippen LogP contribution < -0.4 is 5.32 Å². The molecule has 0 aliphatic rings. The highest BCUT2D eigenvalue weighted by Gasteiger charge is 2.11. The quantitative estimate of drug-likeness (QED) is 0.717. The third-order valence-corrected chi connectivity index (χ3v) is 5.03. The topological polar surface area (TPSA) is 66.4 Å². The third kappa shape index (κ3) is 6.52. The summed E-state index contributed by atoms with van der Waals surface area (Å²) in [6, 6.07) is 3.98. The van der Waals surface area contributed by atoms with E-state index in [4.69, 9.17) is 5.11 Å². The van der Waals surface area contributed by atoms with E-state index in [9.17, 15) is 9.59 Å². The van der Waals surface area contributed by atoms with Crippen LogP contribution in [0.1, 0.15) is 30.9 Å². The molecule has 1 aromatic carbocycles. The van der Waals surface area contributed by atoms with Gasteiger partial charge < -0.3 is 10.4 Å². The number of carbonyl (C=O) groups is 2. The predicted molar refractivity (Wildman–Crippen MR) is 88.8 cm³/mol. The van der Waals surface area contributed by atoms with Crippen LogP contribution >= 0.6 is 27.7 Å². The van der Waals surface area contributed by atoms with Crippen molar-refractivity contribution in [2.24, 2.45) is 0 Å². The summed E-state index contributed by atoms with van der Waals surface area (Å²) in [5, 5.41) is 11.4. The molecular formula is C15H20BrNO3S. The molecule has 21 heavy (non-hydrogen) atoms. The number of carbonyl (C=O) groups excluding carboxylic acids is 1. The van der Waals surface area contributed by atoms with Gasteiger partial charge in [-0.2, -0.15) is 0 Å². The fourth-order valence-electron chi connectivity index (χ4n) is 1.78. The van der Waals surface area contributed by atoms with Crippen LogP contribution in [0.25, 0.3) is 0 Å². The molecule has 0 aliphatic carbocycles. The van der Waals surface area contributed by atoms with Crippen LogP contribution in [-0.4, -0.2) is 28.8 Å². The Morgan fingerprint density at radius 3 is 2.62 bits per heavy atom. The van der Waals surface area contributed by atoms with Crippen molar-refractivity contribution in [3.63, 3.8) is 0 Å². The molecule has 0 fully saturated rings. The number of aliphatic carboxylic acids is 1. The highest BCUT2D eigenvalue weighted by atomic mass is 79.9. The van der Waals surface area contributed by atoms with E-state index in [1.54, 1.807) is 0 Å². The molecule has 0 aromatic heterocycles. The van der Waals surface area contributed by atoms with Gasteiger partial charge >= 0.3 is 5.97 Å². The molecule has 1 rings (SSSR count). The van der Waals surface area contributed by atoms with Gasteiger partial charge in [-0.1, -0.05) is 15.9 Å². The normalized spacial score (nSPS) is 12.0. The Balaban J connectivity index is 2.46. The molecule has 0 heterocycles. The van der Waals surface area contributed by atoms with Crippen molar-refractivity contribution < 1.29 is 14.7 Å². The van der Waals surface area contributed by atoms with Gasteiger partial charge in [-0.3, -0.25) is 9.59 Å². The average molecular weight is 374 g/mol. The number of aryl methyl sites for hydroxylation is 2. The zero-order chi connectivity index (χ0) is 16.0. The van der Waals surface area contributed by atoms with Crippen molar-refractivity contribution in [3.05, 3.63) is 27.7 Å². The van der Waals surface area contributed by atoms with Gasteiger partial charge in [-0.05, 0) is 50.5 Å². The number of halogens is 1. The lowest BCUT2D eigenvalue weighted by Gasteiger charge is -2.13. The Bertz CT molecular complexity index is 534. The zero-order valence-electron chi connectivity index (χ0n) is 12.4. The number of nitrogens with one attached hydrogen (secondary N) is 1. The van der Waals surface area contributed by atoms with E-state index in [0.717, 1.165) is 20.5 Å². The Labute approximate surface area is 137 Å². The van der Waals surface area contributed by atoms with Gasteiger partial charge in [0.2, 0.25) is 5.91 Å². The Morgan fingerprint density at radius 1 is 1.33 bits per heavy atom. The smallest absolute Gasteiger partial charge is 0.303 e. The first-order valence-corrected chi connectivity index (χ1v) is 8.48. The molecule has 1 unspecified atom stereocenters. The summed E-state index contributed by atoms with van der Waals surface area (Å²) in [5.41, 5.74) is 2.27. The number of thioether (sulfide) groups is 1. The van der Waals surface area contributed by atoms with Gasteiger partial charge in [0, 0.05) is 21.8 Å². The molecule has 0 spiro atoms. The van der Waals surface area contributed by atoms with E-state index < -0.39 is 5.97 Å². The number of rotatable bonds is 7. The van der Waals surface area contributed by atoms with Crippen molar-refractivity contribution in [1.82, 2.24) is 5.32 Å². The van der Waals surface area contributed by atoms with E-state index >= 15 is 0 Å². The number of hydrogen-bond donors (Lipinski definition) is 2. The average Bonchev–Trinajstić information content (AvgIpc) is 2.39. The minimum Gasteiger partial charge on any atom is -0.481 e. The summed E-state index contributed by atoms with van der Waals surface area (Å²) in [5.74, 6) is -0.580. The van der Waals surface area contributed by atoms with E-state index in [1.165, 1.54) is 11.8 Å². The molecule has 0 bridgehead atoms. The first kappa shape index (κ1) is 18.0. The summed E-state index contributed by atoms with van der Waals surface area (Å²) < 4.78 is 1.07. The number of carboxylic acid groups (broad SMARTS) is 1. The van der Waals surface area contributed by atoms with Gasteiger partial charge in [0.1, 0.15) is 0 Å². The minimum atomic E-state index is -0.841. The molecule has 6 heteroatoms. The summed E-state index contributed by atoms with van der Waals surface area (Å²) in [6.45, 7) is 5.85. The number of amides is 1. The fourth-order valence-corrected chi connectivity index (χ4v) is 3.16. The standard InChI is InChI=1S/C15H20BrNO3S/c1-9-7-13(10(2)6-12(9)16)21-8-14(18)17-11(3)4-5-15(19)20/h6-7,11H,4-5,8H2,1-3H3,(H,17,18)(H,19,20). The SMILES string of the molecule is Cc1cc(SCC(=O)NC(C)CCC(=O)O)c(C)cc1Br. The van der Waals surface area contributed by atoms with Gasteiger partial charge in [0.05, 0.1) is 5.75 Å². The molecule has 0 radical (unpaired) electrons. The van der Waals surface area contributed by atoms with E-state index in [1.807, 2.05) is 26.8 Å². The highest BCUT2D eigenvalue weighted by molar-refractivity contribution is 9.10. The van der Waals surface area contributed by atoms with E-state index in [-0.39, 0.29) is 18.4 Å². The van der Waals surface area contributed by atoms with Gasteiger partial charge in [-0.25, -0.2) is 0 Å². The van der Waals surface area contributed by atoms with Crippen molar-refractivity contribution in [2.75, 3.05) is 5.75 Å². The third-order valence-electron chi connectivity index (χ3n) is 3.01. The number of hydrogen-bond acceptors (Lipinski definition) is 3. The molecule has 0 saturated heterocycles. The van der Waals surface area contributed by atoms with Crippen LogP contribution in [0.5, 0.6) is 0 Å². The lowest BCUT2D eigenvalue weighted by Crippen LogP contribution is -2.34. The lowest BCUT2D eigenvalue weighted by atomic mass is 10.2. The van der Waals surface area contributed by atoms with Gasteiger partial charge in [-0.15, -0.1) is 11.8 Å². The first-order chi connectivity index (χ1) is 9.79. The highest BCUT2D eigenvalue weighted by Crippen LogP contribution is 2.28. The maximum Gasteiger partial charge on any atom is 0.303 e. The summed E-state index contributed by atoms with van der Waals surface area (Å²) in [4.78, 5) is 23.4. The molecule has 116 valence electrons. The molecule has 2 N–H and O–H groups in total. The van der Waals surface area contributed by atoms with E-state index in [0.29, 0.717) is 12.2 Å². The van der Waals surface area contributed by atoms with E-state index in [2.05, 4.69) is 27.3 Å². The van der Waals surface area contributed by atoms with Crippen LogP contribution in [0.15, 0.2) is 21.5 Å². The molecule has 4 nitrogen and oxygen atoms in total. The van der Waals surface area contributed by atoms with Crippen LogP contribution in [-0.2, 0) is 9.59 Å². The summed E-state index contributed by atoms with van der Waals surface area (Å²) in [6.07, 6.45) is 0.516. The van der Waals surface area contributed by atoms with Crippen LogP contribution in [0, 0.1) is 13.8 Å². The molecule has 0 saturated carbocycles. The van der Waals surface area contributed by atoms with Crippen LogP contribution in [0.4, 0.5) is 0 Å². The Hall–Kier alpha value is -1.01. The van der Waals surface area contributed by atoms with Crippen molar-refractivity contribution in [3.8, 4) is 0 Å². The van der Waals surface area contributed by atoms with Crippen molar-refractivity contribution in [2.45, 2.75) is 44.6 Å². The Morgan fingerprint density at radius 2 is 2.00 bits per heavy atom. The van der Waals surface area contributed by atoms with Crippen molar-refractivity contribution >= 4 is 39.6 Å². The largest absolute Gasteiger partial charge is 0.481 e. The predicted octanol–water partition coefficient (Wildman–Crippen LogP) is 3.53. The van der Waals surface area contributed by atoms with Gasteiger partial charge in [0.25, 0.3) is 0 Å².